The first-order valence-electron chi connectivity index (χ1n) is 10.3. The van der Waals surface area contributed by atoms with Gasteiger partial charge in [0.15, 0.2) is 0 Å². The summed E-state index contributed by atoms with van der Waals surface area (Å²) in [6.45, 7) is 0. The number of nitrogens with zero attached hydrogens (tertiary/aromatic N) is 1. The van der Waals surface area contributed by atoms with E-state index in [9.17, 15) is 27.6 Å². The largest absolute Gasteiger partial charge is 0.416 e. The second-order valence-electron chi connectivity index (χ2n) is 7.60. The summed E-state index contributed by atoms with van der Waals surface area (Å²) < 4.78 is 39.1. The summed E-state index contributed by atoms with van der Waals surface area (Å²) in [4.78, 5) is 38.2. The van der Waals surface area contributed by atoms with Crippen molar-refractivity contribution in [2.45, 2.75) is 12.6 Å². The van der Waals surface area contributed by atoms with Crippen LogP contribution in [-0.2, 0) is 27.0 Å². The molecule has 0 bridgehead atoms. The van der Waals surface area contributed by atoms with E-state index in [-0.39, 0.29) is 23.7 Å². The van der Waals surface area contributed by atoms with Gasteiger partial charge in [-0.1, -0.05) is 48.0 Å². The number of alkyl halides is 3. The lowest BCUT2D eigenvalue weighted by Gasteiger charge is -2.17. The Morgan fingerprint density at radius 2 is 1.54 bits per heavy atom. The van der Waals surface area contributed by atoms with Crippen LogP contribution in [0.4, 0.5) is 30.2 Å². The number of hydrogen-bond acceptors (Lipinski definition) is 4. The lowest BCUT2D eigenvalue weighted by atomic mass is 10.1. The normalized spacial score (nSPS) is 13.9. The molecule has 3 aromatic rings. The lowest BCUT2D eigenvalue weighted by molar-refractivity contribution is -0.137. The van der Waals surface area contributed by atoms with Crippen LogP contribution in [0.15, 0.2) is 89.6 Å². The summed E-state index contributed by atoms with van der Waals surface area (Å²) in [5.74, 6) is -2.03. The van der Waals surface area contributed by atoms with Crippen LogP contribution in [0, 0.1) is 0 Å². The quantitative estimate of drug-likeness (QED) is 0.450. The Hall–Kier alpha value is -4.11. The first-order valence-corrected chi connectivity index (χ1v) is 10.7. The van der Waals surface area contributed by atoms with Crippen LogP contribution >= 0.6 is 11.6 Å². The number of carbonyl (C=O) groups is 3. The van der Waals surface area contributed by atoms with Crippen molar-refractivity contribution in [3.8, 4) is 0 Å². The van der Waals surface area contributed by atoms with E-state index in [1.807, 2.05) is 6.07 Å². The molecule has 0 spiro atoms. The molecule has 0 saturated carbocycles. The highest BCUT2D eigenvalue weighted by atomic mass is 35.5. The Morgan fingerprint density at radius 1 is 0.857 bits per heavy atom. The van der Waals surface area contributed by atoms with E-state index in [4.69, 9.17) is 11.6 Å². The van der Waals surface area contributed by atoms with Gasteiger partial charge in [0.2, 0.25) is 5.91 Å². The molecule has 35 heavy (non-hydrogen) atoms. The van der Waals surface area contributed by atoms with E-state index in [2.05, 4.69) is 10.6 Å². The minimum absolute atomic E-state index is 0.110. The molecule has 4 rings (SSSR count). The van der Waals surface area contributed by atoms with Gasteiger partial charge in [-0.2, -0.15) is 13.2 Å². The van der Waals surface area contributed by atoms with Gasteiger partial charge in [-0.3, -0.25) is 14.4 Å². The molecule has 0 aliphatic carbocycles. The number of amides is 3. The van der Waals surface area contributed by atoms with Gasteiger partial charge in [-0.05, 0) is 48.0 Å². The zero-order valence-corrected chi connectivity index (χ0v) is 18.7. The molecule has 0 fully saturated rings. The summed E-state index contributed by atoms with van der Waals surface area (Å²) in [5.41, 5.74) is 0.265. The van der Waals surface area contributed by atoms with E-state index in [1.54, 1.807) is 48.5 Å². The van der Waals surface area contributed by atoms with Crippen molar-refractivity contribution in [3.63, 3.8) is 0 Å². The zero-order chi connectivity index (χ0) is 25.2. The molecule has 0 atom stereocenters. The smallest absolute Gasteiger partial charge is 0.350 e. The molecule has 1 aliphatic heterocycles. The van der Waals surface area contributed by atoms with E-state index in [0.29, 0.717) is 27.9 Å². The van der Waals surface area contributed by atoms with Crippen LogP contribution in [0.25, 0.3) is 0 Å². The van der Waals surface area contributed by atoms with E-state index >= 15 is 0 Å². The maximum atomic E-state index is 13.0. The highest BCUT2D eigenvalue weighted by molar-refractivity contribution is 6.53. The fraction of sp³-hybridized carbons (Fsp3) is 0.0800. The van der Waals surface area contributed by atoms with Crippen molar-refractivity contribution < 1.29 is 27.6 Å². The van der Waals surface area contributed by atoms with Crippen molar-refractivity contribution in [2.75, 3.05) is 15.5 Å². The van der Waals surface area contributed by atoms with Gasteiger partial charge in [0.1, 0.15) is 10.7 Å². The molecule has 3 amide bonds. The van der Waals surface area contributed by atoms with Crippen molar-refractivity contribution in [1.82, 2.24) is 0 Å². The predicted molar refractivity (Wildman–Crippen MR) is 126 cm³/mol. The van der Waals surface area contributed by atoms with Crippen LogP contribution in [0.1, 0.15) is 11.1 Å². The van der Waals surface area contributed by atoms with Crippen molar-refractivity contribution in [1.29, 1.82) is 0 Å². The highest BCUT2D eigenvalue weighted by Gasteiger charge is 2.40. The molecule has 2 N–H and O–H groups in total. The average molecular weight is 500 g/mol. The van der Waals surface area contributed by atoms with Crippen LogP contribution in [-0.4, -0.2) is 17.7 Å². The number of hydrogen-bond donors (Lipinski definition) is 2. The van der Waals surface area contributed by atoms with Crippen molar-refractivity contribution in [2.24, 2.45) is 0 Å². The number of carbonyl (C=O) groups excluding carboxylic acids is 3. The second-order valence-corrected chi connectivity index (χ2v) is 7.97. The van der Waals surface area contributed by atoms with Crippen LogP contribution in [0.2, 0.25) is 0 Å². The van der Waals surface area contributed by atoms with Gasteiger partial charge in [0, 0.05) is 11.4 Å². The molecule has 1 heterocycles. The fourth-order valence-corrected chi connectivity index (χ4v) is 3.64. The van der Waals surface area contributed by atoms with Crippen LogP contribution in [0.3, 0.4) is 0 Å². The van der Waals surface area contributed by atoms with Crippen molar-refractivity contribution >= 4 is 46.4 Å². The SMILES string of the molecule is O=C(Cc1ccc(NC2=C(Cl)C(=O)N(c3cccc(C(F)(F)F)c3)C2=O)cc1)Nc1ccccc1. The monoisotopic (exact) mass is 499 g/mol. The number of para-hydroxylation sites is 1. The Labute approximate surface area is 203 Å². The van der Waals surface area contributed by atoms with E-state index in [1.165, 1.54) is 6.07 Å². The molecule has 0 aromatic heterocycles. The fourth-order valence-electron chi connectivity index (χ4n) is 3.43. The third-order valence-electron chi connectivity index (χ3n) is 5.10. The zero-order valence-electron chi connectivity index (χ0n) is 17.9. The summed E-state index contributed by atoms with van der Waals surface area (Å²) in [5, 5.41) is 5.08. The molecule has 10 heteroatoms. The predicted octanol–water partition coefficient (Wildman–Crippen LogP) is 5.32. The van der Waals surface area contributed by atoms with Gasteiger partial charge < -0.3 is 10.6 Å². The number of anilines is 3. The Balaban J connectivity index is 1.45. The van der Waals surface area contributed by atoms with Gasteiger partial charge in [-0.25, -0.2) is 4.90 Å². The maximum Gasteiger partial charge on any atom is 0.416 e. The van der Waals surface area contributed by atoms with Crippen molar-refractivity contribution in [3.05, 3.63) is 101 Å². The molecular formula is C25H17ClF3N3O3. The molecule has 1 aliphatic rings. The average Bonchev–Trinajstić information content (AvgIpc) is 3.03. The molecule has 178 valence electrons. The minimum Gasteiger partial charge on any atom is -0.350 e. The number of nitrogens with one attached hydrogen (secondary N) is 2. The molecule has 0 unspecified atom stereocenters. The summed E-state index contributed by atoms with van der Waals surface area (Å²) in [6.07, 6.45) is -4.53. The number of imide groups is 1. The third-order valence-corrected chi connectivity index (χ3v) is 5.46. The van der Waals surface area contributed by atoms with Gasteiger partial charge in [0.25, 0.3) is 11.8 Å². The lowest BCUT2D eigenvalue weighted by Crippen LogP contribution is -2.32. The number of rotatable bonds is 6. The van der Waals surface area contributed by atoms with Crippen LogP contribution in [0.5, 0.6) is 0 Å². The van der Waals surface area contributed by atoms with Crippen LogP contribution < -0.4 is 15.5 Å². The molecule has 0 radical (unpaired) electrons. The topological polar surface area (TPSA) is 78.5 Å². The second kappa shape index (κ2) is 9.63. The van der Waals surface area contributed by atoms with E-state index in [0.717, 1.165) is 12.1 Å². The molecule has 0 saturated heterocycles. The molecular weight excluding hydrogens is 483 g/mol. The Bertz CT molecular complexity index is 1320. The Kier molecular flexibility index (Phi) is 6.61. The first kappa shape index (κ1) is 24.0. The highest BCUT2D eigenvalue weighted by Crippen LogP contribution is 2.35. The van der Waals surface area contributed by atoms with E-state index < -0.39 is 28.6 Å². The number of benzene rings is 3. The summed E-state index contributed by atoms with van der Waals surface area (Å²) in [7, 11) is 0. The Morgan fingerprint density at radius 3 is 2.20 bits per heavy atom. The standard InChI is InChI=1S/C25H17ClF3N3O3/c26-21-22(24(35)32(23(21)34)19-8-4-5-16(14-19)25(27,28)29)31-18-11-9-15(10-12-18)13-20(33)30-17-6-2-1-3-7-17/h1-12,14,31H,13H2,(H,30,33). The third kappa shape index (κ3) is 5.36. The van der Waals surface area contributed by atoms with Gasteiger partial charge in [0.05, 0.1) is 17.7 Å². The van der Waals surface area contributed by atoms with Gasteiger partial charge in [-0.15, -0.1) is 0 Å². The maximum absolute atomic E-state index is 13.0. The summed E-state index contributed by atoms with van der Waals surface area (Å²) in [6, 6.07) is 19.3. The molecule has 3 aromatic carbocycles. The number of halogens is 4. The first-order chi connectivity index (χ1) is 16.6. The van der Waals surface area contributed by atoms with Gasteiger partial charge >= 0.3 is 6.18 Å². The minimum atomic E-state index is -4.64. The molecule has 6 nitrogen and oxygen atoms in total. The summed E-state index contributed by atoms with van der Waals surface area (Å²) >= 11 is 6.05.